The standard InChI is InChI=1S/C17H15NS/c1-12-8-10-15(11-9-12)17-18-16(13(2)19-17)14-6-4-3-5-7-14/h3-11H,1-2H3. The van der Waals surface area contributed by atoms with Crippen LogP contribution in [0.15, 0.2) is 54.6 Å². The fourth-order valence-corrected chi connectivity index (χ4v) is 3.02. The van der Waals surface area contributed by atoms with Crippen LogP contribution in [0, 0.1) is 13.8 Å². The summed E-state index contributed by atoms with van der Waals surface area (Å²) in [5.41, 5.74) is 4.76. The molecule has 2 heteroatoms. The van der Waals surface area contributed by atoms with Crippen LogP contribution in [-0.4, -0.2) is 4.98 Å². The van der Waals surface area contributed by atoms with Crippen molar-refractivity contribution in [2.45, 2.75) is 13.8 Å². The molecule has 2 aromatic carbocycles. The summed E-state index contributed by atoms with van der Waals surface area (Å²) in [6.45, 7) is 4.24. The van der Waals surface area contributed by atoms with Crippen molar-refractivity contribution in [3.8, 4) is 21.8 Å². The van der Waals surface area contributed by atoms with Crippen molar-refractivity contribution in [3.63, 3.8) is 0 Å². The van der Waals surface area contributed by atoms with Gasteiger partial charge in [0.05, 0.1) is 5.69 Å². The Balaban J connectivity index is 2.04. The highest BCUT2D eigenvalue weighted by Gasteiger charge is 2.10. The number of aryl methyl sites for hydroxylation is 2. The molecule has 94 valence electrons. The maximum atomic E-state index is 4.80. The minimum absolute atomic E-state index is 1.09. The molecule has 0 saturated heterocycles. The van der Waals surface area contributed by atoms with E-state index in [4.69, 9.17) is 4.98 Å². The minimum Gasteiger partial charge on any atom is -0.236 e. The molecule has 0 atom stereocenters. The number of hydrogen-bond acceptors (Lipinski definition) is 2. The van der Waals surface area contributed by atoms with E-state index in [1.807, 2.05) is 6.07 Å². The van der Waals surface area contributed by atoms with Crippen molar-refractivity contribution in [2.24, 2.45) is 0 Å². The van der Waals surface area contributed by atoms with Crippen LogP contribution in [0.2, 0.25) is 0 Å². The van der Waals surface area contributed by atoms with Gasteiger partial charge in [-0.3, -0.25) is 0 Å². The van der Waals surface area contributed by atoms with Gasteiger partial charge >= 0.3 is 0 Å². The molecule has 3 rings (SSSR count). The van der Waals surface area contributed by atoms with Crippen molar-refractivity contribution in [1.29, 1.82) is 0 Å². The molecule has 0 amide bonds. The maximum absolute atomic E-state index is 4.80. The molecular weight excluding hydrogens is 250 g/mol. The van der Waals surface area contributed by atoms with Gasteiger partial charge in [0.1, 0.15) is 5.01 Å². The van der Waals surface area contributed by atoms with Crippen molar-refractivity contribution in [2.75, 3.05) is 0 Å². The number of hydrogen-bond donors (Lipinski definition) is 0. The third-order valence-electron chi connectivity index (χ3n) is 3.14. The maximum Gasteiger partial charge on any atom is 0.124 e. The molecule has 3 aromatic rings. The molecule has 0 spiro atoms. The van der Waals surface area contributed by atoms with Gasteiger partial charge in [-0.15, -0.1) is 11.3 Å². The molecule has 0 N–H and O–H groups in total. The van der Waals surface area contributed by atoms with Crippen LogP contribution in [0.3, 0.4) is 0 Å². The molecule has 0 unspecified atom stereocenters. The van der Waals surface area contributed by atoms with Crippen molar-refractivity contribution >= 4 is 11.3 Å². The van der Waals surface area contributed by atoms with Gasteiger partial charge in [-0.05, 0) is 13.8 Å². The van der Waals surface area contributed by atoms with E-state index in [9.17, 15) is 0 Å². The predicted molar refractivity (Wildman–Crippen MR) is 82.5 cm³/mol. The number of nitrogens with zero attached hydrogens (tertiary/aromatic N) is 1. The zero-order valence-corrected chi connectivity index (χ0v) is 11.9. The summed E-state index contributed by atoms with van der Waals surface area (Å²) in [4.78, 5) is 6.06. The minimum atomic E-state index is 1.09. The summed E-state index contributed by atoms with van der Waals surface area (Å²) in [5, 5.41) is 1.09. The Morgan fingerprint density at radius 1 is 0.789 bits per heavy atom. The lowest BCUT2D eigenvalue weighted by atomic mass is 10.1. The van der Waals surface area contributed by atoms with E-state index in [2.05, 4.69) is 62.4 Å². The predicted octanol–water partition coefficient (Wildman–Crippen LogP) is 5.09. The molecule has 0 aliphatic carbocycles. The Kier molecular flexibility index (Phi) is 3.18. The lowest BCUT2D eigenvalue weighted by Crippen LogP contribution is -1.81. The first-order valence-electron chi connectivity index (χ1n) is 6.34. The SMILES string of the molecule is Cc1ccc(-c2nc(-c3ccccc3)c(C)s2)cc1. The zero-order valence-electron chi connectivity index (χ0n) is 11.1. The first kappa shape index (κ1) is 12.1. The molecule has 0 radical (unpaired) electrons. The van der Waals surface area contributed by atoms with E-state index in [-0.39, 0.29) is 0 Å². The molecule has 0 aliphatic rings. The van der Waals surface area contributed by atoms with Crippen LogP contribution in [-0.2, 0) is 0 Å². The Hall–Kier alpha value is -1.93. The van der Waals surface area contributed by atoms with Gasteiger partial charge in [0.2, 0.25) is 0 Å². The number of thiazole rings is 1. The van der Waals surface area contributed by atoms with E-state index < -0.39 is 0 Å². The number of benzene rings is 2. The van der Waals surface area contributed by atoms with Crippen molar-refractivity contribution in [3.05, 3.63) is 65.0 Å². The summed E-state index contributed by atoms with van der Waals surface area (Å²) < 4.78 is 0. The van der Waals surface area contributed by atoms with Crippen LogP contribution >= 0.6 is 11.3 Å². The molecule has 0 saturated carbocycles. The summed E-state index contributed by atoms with van der Waals surface area (Å²) >= 11 is 1.76. The molecule has 1 aromatic heterocycles. The molecule has 1 heterocycles. The normalized spacial score (nSPS) is 10.6. The van der Waals surface area contributed by atoms with Gasteiger partial charge in [-0.1, -0.05) is 60.2 Å². The average molecular weight is 265 g/mol. The van der Waals surface area contributed by atoms with Crippen LogP contribution in [0.25, 0.3) is 21.8 Å². The summed E-state index contributed by atoms with van der Waals surface area (Å²) in [7, 11) is 0. The zero-order chi connectivity index (χ0) is 13.2. The average Bonchev–Trinajstić information content (AvgIpc) is 2.83. The molecule has 0 aliphatic heterocycles. The van der Waals surface area contributed by atoms with E-state index in [1.165, 1.54) is 21.6 Å². The van der Waals surface area contributed by atoms with Gasteiger partial charge in [-0.2, -0.15) is 0 Å². The summed E-state index contributed by atoms with van der Waals surface area (Å²) in [6.07, 6.45) is 0. The molecule has 19 heavy (non-hydrogen) atoms. The number of rotatable bonds is 2. The smallest absolute Gasteiger partial charge is 0.124 e. The van der Waals surface area contributed by atoms with Gasteiger partial charge < -0.3 is 0 Å². The largest absolute Gasteiger partial charge is 0.236 e. The highest BCUT2D eigenvalue weighted by atomic mass is 32.1. The topological polar surface area (TPSA) is 12.9 Å². The molecular formula is C17H15NS. The Morgan fingerprint density at radius 2 is 1.47 bits per heavy atom. The summed E-state index contributed by atoms with van der Waals surface area (Å²) in [6, 6.07) is 18.9. The molecule has 0 bridgehead atoms. The van der Waals surface area contributed by atoms with E-state index >= 15 is 0 Å². The second-order valence-electron chi connectivity index (χ2n) is 4.66. The Labute approximate surface area is 117 Å². The Bertz CT molecular complexity index is 681. The highest BCUT2D eigenvalue weighted by molar-refractivity contribution is 7.15. The Morgan fingerprint density at radius 3 is 2.16 bits per heavy atom. The molecule has 1 nitrogen and oxygen atoms in total. The van der Waals surface area contributed by atoms with E-state index in [0.717, 1.165) is 10.7 Å². The van der Waals surface area contributed by atoms with Crippen molar-refractivity contribution < 1.29 is 0 Å². The van der Waals surface area contributed by atoms with Gasteiger partial charge in [0.25, 0.3) is 0 Å². The second-order valence-corrected chi connectivity index (χ2v) is 5.86. The van der Waals surface area contributed by atoms with Crippen LogP contribution in [0.1, 0.15) is 10.4 Å². The lowest BCUT2D eigenvalue weighted by Gasteiger charge is -1.98. The van der Waals surface area contributed by atoms with Crippen LogP contribution < -0.4 is 0 Å². The first-order valence-corrected chi connectivity index (χ1v) is 7.15. The van der Waals surface area contributed by atoms with Crippen LogP contribution in [0.5, 0.6) is 0 Å². The fourth-order valence-electron chi connectivity index (χ4n) is 2.08. The van der Waals surface area contributed by atoms with Gasteiger partial charge in [-0.25, -0.2) is 4.98 Å². The third-order valence-corrected chi connectivity index (χ3v) is 4.16. The second kappa shape index (κ2) is 4.98. The monoisotopic (exact) mass is 265 g/mol. The quantitative estimate of drug-likeness (QED) is 0.628. The first-order chi connectivity index (χ1) is 9.24. The highest BCUT2D eigenvalue weighted by Crippen LogP contribution is 2.33. The summed E-state index contributed by atoms with van der Waals surface area (Å²) in [5.74, 6) is 0. The fraction of sp³-hybridized carbons (Fsp3) is 0.118. The van der Waals surface area contributed by atoms with E-state index in [0.29, 0.717) is 0 Å². The van der Waals surface area contributed by atoms with Gasteiger partial charge in [0.15, 0.2) is 0 Å². The van der Waals surface area contributed by atoms with Gasteiger partial charge in [0, 0.05) is 16.0 Å². The lowest BCUT2D eigenvalue weighted by molar-refractivity contribution is 1.36. The molecule has 0 fully saturated rings. The van der Waals surface area contributed by atoms with Crippen LogP contribution in [0.4, 0.5) is 0 Å². The van der Waals surface area contributed by atoms with Crippen molar-refractivity contribution in [1.82, 2.24) is 4.98 Å². The third kappa shape index (κ3) is 2.45. The number of aromatic nitrogens is 1. The van der Waals surface area contributed by atoms with E-state index in [1.54, 1.807) is 11.3 Å².